The molecule has 0 amide bonds. The van der Waals surface area contributed by atoms with Gasteiger partial charge in [0.15, 0.2) is 0 Å². The van der Waals surface area contributed by atoms with Crippen molar-refractivity contribution in [3.63, 3.8) is 0 Å². The molecule has 0 radical (unpaired) electrons. The summed E-state index contributed by atoms with van der Waals surface area (Å²) in [6.45, 7) is 1.95. The van der Waals surface area contributed by atoms with E-state index in [1.54, 1.807) is 36.4 Å². The van der Waals surface area contributed by atoms with Gasteiger partial charge in [-0.25, -0.2) is 12.8 Å². The summed E-state index contributed by atoms with van der Waals surface area (Å²) in [5, 5.41) is 3.22. The topological polar surface area (TPSA) is 72.2 Å². The molecule has 0 aliphatic carbocycles. The Balaban J connectivity index is 1.83. The summed E-state index contributed by atoms with van der Waals surface area (Å²) < 4.78 is 45.5. The third-order valence-corrected chi connectivity index (χ3v) is 6.31. The molecule has 0 bridgehead atoms. The largest absolute Gasteiger partial charge is 0.419 e. The standard InChI is InChI=1S/C22H16ClFN2O3S/c1-14-2-10-18(11-3-14)25-21-22(30(27,28)19-12-8-17(24)9-13-19)26-20(29-21)15-4-6-16(23)7-5-15/h2-13,25H,1H3. The molecule has 5 nitrogen and oxygen atoms in total. The lowest BCUT2D eigenvalue weighted by atomic mass is 10.2. The van der Waals surface area contributed by atoms with Crippen molar-refractivity contribution in [3.05, 3.63) is 89.2 Å². The van der Waals surface area contributed by atoms with Gasteiger partial charge in [-0.1, -0.05) is 29.3 Å². The molecule has 0 aliphatic rings. The molecule has 3 aromatic carbocycles. The molecular weight excluding hydrogens is 427 g/mol. The first kappa shape index (κ1) is 20.1. The maximum atomic E-state index is 13.3. The van der Waals surface area contributed by atoms with Crippen LogP contribution in [0.1, 0.15) is 5.56 Å². The first-order valence-corrected chi connectivity index (χ1v) is 10.8. The van der Waals surface area contributed by atoms with E-state index in [-0.39, 0.29) is 21.7 Å². The Bertz CT molecular complexity index is 1280. The van der Waals surface area contributed by atoms with Crippen LogP contribution in [0.2, 0.25) is 5.02 Å². The smallest absolute Gasteiger partial charge is 0.238 e. The first-order chi connectivity index (χ1) is 14.3. The van der Waals surface area contributed by atoms with E-state index in [2.05, 4.69) is 10.3 Å². The molecule has 30 heavy (non-hydrogen) atoms. The molecule has 4 aromatic rings. The Morgan fingerprint density at radius 1 is 0.933 bits per heavy atom. The summed E-state index contributed by atoms with van der Waals surface area (Å²) in [5.74, 6) is -0.455. The van der Waals surface area contributed by atoms with Crippen molar-refractivity contribution in [3.8, 4) is 11.5 Å². The highest BCUT2D eigenvalue weighted by atomic mass is 35.5. The second-order valence-electron chi connectivity index (χ2n) is 6.61. The van der Waals surface area contributed by atoms with Gasteiger partial charge in [-0.15, -0.1) is 0 Å². The van der Waals surface area contributed by atoms with Crippen LogP contribution in [0.4, 0.5) is 16.0 Å². The third-order valence-electron chi connectivity index (χ3n) is 4.38. The number of sulfone groups is 1. The fourth-order valence-corrected chi connectivity index (χ4v) is 4.16. The summed E-state index contributed by atoms with van der Waals surface area (Å²) in [4.78, 5) is 4.15. The average molecular weight is 443 g/mol. The van der Waals surface area contributed by atoms with E-state index >= 15 is 0 Å². The van der Waals surface area contributed by atoms with E-state index in [1.165, 1.54) is 12.1 Å². The predicted molar refractivity (Wildman–Crippen MR) is 113 cm³/mol. The van der Waals surface area contributed by atoms with E-state index in [9.17, 15) is 12.8 Å². The summed E-state index contributed by atoms with van der Waals surface area (Å²) in [5.41, 5.74) is 2.25. The Hall–Kier alpha value is -3.16. The number of anilines is 2. The Labute approximate surface area is 178 Å². The van der Waals surface area contributed by atoms with E-state index in [1.807, 2.05) is 19.1 Å². The molecule has 0 unspecified atom stereocenters. The Kier molecular flexibility index (Phi) is 5.32. The fourth-order valence-electron chi connectivity index (χ4n) is 2.78. The highest BCUT2D eigenvalue weighted by molar-refractivity contribution is 7.91. The van der Waals surface area contributed by atoms with Gasteiger partial charge in [0.25, 0.3) is 0 Å². The molecule has 4 rings (SSSR count). The van der Waals surface area contributed by atoms with Crippen LogP contribution < -0.4 is 5.32 Å². The van der Waals surface area contributed by atoms with E-state index < -0.39 is 15.7 Å². The predicted octanol–water partition coefficient (Wildman–Crippen LogP) is 6.02. The number of hydrogen-bond donors (Lipinski definition) is 1. The number of aryl methyl sites for hydroxylation is 1. The van der Waals surface area contributed by atoms with Crippen molar-refractivity contribution in [1.82, 2.24) is 4.98 Å². The van der Waals surface area contributed by atoms with Crippen LogP contribution in [-0.4, -0.2) is 13.4 Å². The second kappa shape index (κ2) is 7.93. The molecule has 0 fully saturated rings. The number of aromatic nitrogens is 1. The molecule has 1 aromatic heterocycles. The highest BCUT2D eigenvalue weighted by Crippen LogP contribution is 2.34. The number of halogens is 2. The Morgan fingerprint density at radius 2 is 1.57 bits per heavy atom. The van der Waals surface area contributed by atoms with Crippen LogP contribution in [-0.2, 0) is 9.84 Å². The van der Waals surface area contributed by atoms with Crippen molar-refractivity contribution >= 4 is 33.0 Å². The number of rotatable bonds is 5. The molecule has 8 heteroatoms. The molecule has 0 spiro atoms. The number of hydrogen-bond acceptors (Lipinski definition) is 5. The zero-order valence-corrected chi connectivity index (χ0v) is 17.3. The number of benzene rings is 3. The zero-order valence-electron chi connectivity index (χ0n) is 15.8. The quantitative estimate of drug-likeness (QED) is 0.383. The van der Waals surface area contributed by atoms with Gasteiger partial charge in [0.1, 0.15) is 5.82 Å². The SMILES string of the molecule is Cc1ccc(Nc2oc(-c3ccc(Cl)cc3)nc2S(=O)(=O)c2ccc(F)cc2)cc1. The lowest BCUT2D eigenvalue weighted by Crippen LogP contribution is -2.05. The van der Waals surface area contributed by atoms with Crippen molar-refractivity contribution in [1.29, 1.82) is 0 Å². The van der Waals surface area contributed by atoms with Crippen LogP contribution in [0.15, 0.2) is 87.1 Å². The highest BCUT2D eigenvalue weighted by Gasteiger charge is 2.29. The minimum Gasteiger partial charge on any atom is -0.419 e. The van der Waals surface area contributed by atoms with Gasteiger partial charge in [-0.2, -0.15) is 4.98 Å². The minimum atomic E-state index is -4.07. The van der Waals surface area contributed by atoms with Crippen molar-refractivity contribution in [2.45, 2.75) is 16.8 Å². The fraction of sp³-hybridized carbons (Fsp3) is 0.0455. The van der Waals surface area contributed by atoms with Crippen LogP contribution in [0.3, 0.4) is 0 Å². The third kappa shape index (κ3) is 4.08. The molecule has 0 saturated carbocycles. The lowest BCUT2D eigenvalue weighted by Gasteiger charge is -2.06. The first-order valence-electron chi connectivity index (χ1n) is 8.94. The maximum absolute atomic E-state index is 13.3. The van der Waals surface area contributed by atoms with Gasteiger partial charge in [-0.3, -0.25) is 0 Å². The van der Waals surface area contributed by atoms with Gasteiger partial charge >= 0.3 is 0 Å². The summed E-state index contributed by atoms with van der Waals surface area (Å²) in [7, 11) is -4.07. The number of nitrogens with one attached hydrogen (secondary N) is 1. The monoisotopic (exact) mass is 442 g/mol. The molecule has 0 atom stereocenters. The summed E-state index contributed by atoms with van der Waals surface area (Å²) in [6, 6.07) is 18.6. The van der Waals surface area contributed by atoms with Crippen molar-refractivity contribution in [2.24, 2.45) is 0 Å². The van der Waals surface area contributed by atoms with Crippen LogP contribution in [0.25, 0.3) is 11.5 Å². The van der Waals surface area contributed by atoms with Gasteiger partial charge in [0.05, 0.1) is 4.90 Å². The van der Waals surface area contributed by atoms with E-state index in [4.69, 9.17) is 16.0 Å². The molecule has 0 aliphatic heterocycles. The number of oxazole rings is 1. The van der Waals surface area contributed by atoms with Crippen LogP contribution in [0.5, 0.6) is 0 Å². The van der Waals surface area contributed by atoms with E-state index in [0.717, 1.165) is 17.7 Å². The van der Waals surface area contributed by atoms with Crippen LogP contribution in [0, 0.1) is 12.7 Å². The lowest BCUT2D eigenvalue weighted by molar-refractivity contribution is 0.581. The summed E-state index contributed by atoms with van der Waals surface area (Å²) >= 11 is 5.93. The van der Waals surface area contributed by atoms with Gasteiger partial charge in [0, 0.05) is 16.3 Å². The van der Waals surface area contributed by atoms with Crippen LogP contribution >= 0.6 is 11.6 Å². The minimum absolute atomic E-state index is 0.0341. The average Bonchev–Trinajstić information content (AvgIpc) is 3.15. The molecule has 1 N–H and O–H groups in total. The Morgan fingerprint density at radius 3 is 2.20 bits per heavy atom. The summed E-state index contributed by atoms with van der Waals surface area (Å²) in [6.07, 6.45) is 0. The zero-order chi connectivity index (χ0) is 21.3. The van der Waals surface area contributed by atoms with Gasteiger partial charge < -0.3 is 9.73 Å². The number of nitrogens with zero attached hydrogens (tertiary/aromatic N) is 1. The van der Waals surface area contributed by atoms with Gasteiger partial charge in [0.2, 0.25) is 26.6 Å². The van der Waals surface area contributed by atoms with Crippen molar-refractivity contribution in [2.75, 3.05) is 5.32 Å². The maximum Gasteiger partial charge on any atom is 0.238 e. The normalized spacial score (nSPS) is 11.4. The van der Waals surface area contributed by atoms with E-state index in [0.29, 0.717) is 16.3 Å². The molecular formula is C22H16ClFN2O3S. The van der Waals surface area contributed by atoms with Crippen molar-refractivity contribution < 1.29 is 17.2 Å². The molecule has 1 heterocycles. The molecule has 152 valence electrons. The van der Waals surface area contributed by atoms with Gasteiger partial charge in [-0.05, 0) is 67.6 Å². The molecule has 0 saturated heterocycles. The second-order valence-corrected chi connectivity index (χ2v) is 8.91.